The number of carbonyl (C=O) groups is 1. The smallest absolute Gasteiger partial charge is 0.246 e. The monoisotopic (exact) mass is 402 g/mol. The van der Waals surface area contributed by atoms with Crippen molar-refractivity contribution in [2.75, 3.05) is 13.6 Å². The van der Waals surface area contributed by atoms with Gasteiger partial charge in [-0.1, -0.05) is 44.1 Å². The molecule has 3 nitrogen and oxygen atoms in total. The maximum Gasteiger partial charge on any atom is 0.246 e. The van der Waals surface area contributed by atoms with E-state index in [0.29, 0.717) is 5.92 Å². The topological polar surface area (TPSA) is 33.2 Å². The van der Waals surface area contributed by atoms with Crippen molar-refractivity contribution >= 4 is 11.5 Å². The lowest BCUT2D eigenvalue weighted by atomic mass is 9.43. The van der Waals surface area contributed by atoms with Crippen LogP contribution in [0, 0.1) is 29.1 Å². The molecule has 2 unspecified atom stereocenters. The average Bonchev–Trinajstić information content (AvgIpc) is 3.01. The Hall–Kier alpha value is -2.16. The van der Waals surface area contributed by atoms with Crippen LogP contribution in [0.15, 0.2) is 47.8 Å². The zero-order chi connectivity index (χ0) is 21.3. The van der Waals surface area contributed by atoms with Gasteiger partial charge in [0.1, 0.15) is 0 Å². The predicted octanol–water partition coefficient (Wildman–Crippen LogP) is 5.72. The van der Waals surface area contributed by atoms with Crippen molar-refractivity contribution in [3.05, 3.63) is 59.0 Å². The van der Waals surface area contributed by atoms with E-state index in [1.165, 1.54) is 35.1 Å². The highest BCUT2D eigenvalue weighted by molar-refractivity contribution is 5.89. The summed E-state index contributed by atoms with van der Waals surface area (Å²) in [6.45, 7) is 10.4. The molecule has 3 heteroatoms. The molecule has 1 amide bonds. The van der Waals surface area contributed by atoms with Crippen LogP contribution in [-0.4, -0.2) is 29.4 Å². The Labute approximate surface area is 181 Å². The highest BCUT2D eigenvalue weighted by Gasteiger charge is 2.59. The van der Waals surface area contributed by atoms with E-state index in [-0.39, 0.29) is 22.2 Å². The maximum absolute atomic E-state index is 12.5. The molecule has 2 saturated carbocycles. The fraction of sp³-hybridized carbons (Fsp3) is 0.556. The van der Waals surface area contributed by atoms with E-state index < -0.39 is 0 Å². The number of pyridine rings is 1. The van der Waals surface area contributed by atoms with Crippen LogP contribution in [0.25, 0.3) is 5.57 Å². The van der Waals surface area contributed by atoms with Gasteiger partial charge in [0.25, 0.3) is 0 Å². The first kappa shape index (κ1) is 19.8. The lowest BCUT2D eigenvalue weighted by Crippen LogP contribution is -2.52. The summed E-state index contributed by atoms with van der Waals surface area (Å²) < 4.78 is 0. The summed E-state index contributed by atoms with van der Waals surface area (Å²) in [5.74, 6) is 0.779. The van der Waals surface area contributed by atoms with Crippen LogP contribution in [0.3, 0.4) is 0 Å². The van der Waals surface area contributed by atoms with Gasteiger partial charge < -0.3 is 4.90 Å². The Morgan fingerprint density at radius 3 is 2.63 bits per heavy atom. The largest absolute Gasteiger partial charge is 0.342 e. The van der Waals surface area contributed by atoms with Crippen LogP contribution in [0.4, 0.5) is 0 Å². The highest BCUT2D eigenvalue weighted by Crippen LogP contribution is 2.69. The van der Waals surface area contributed by atoms with Gasteiger partial charge in [0.15, 0.2) is 0 Å². The van der Waals surface area contributed by atoms with Gasteiger partial charge in [-0.15, -0.1) is 0 Å². The Balaban J connectivity index is 1.54. The first-order valence-electron chi connectivity index (χ1n) is 11.5. The fourth-order valence-electron chi connectivity index (χ4n) is 7.40. The van der Waals surface area contributed by atoms with Gasteiger partial charge in [0, 0.05) is 37.5 Å². The summed E-state index contributed by atoms with van der Waals surface area (Å²) >= 11 is 0. The number of allylic oxidation sites excluding steroid dienone is 5. The molecule has 4 aliphatic rings. The lowest BCUT2D eigenvalue weighted by Gasteiger charge is -2.60. The van der Waals surface area contributed by atoms with Crippen LogP contribution in [0.5, 0.6) is 0 Å². The molecule has 0 bridgehead atoms. The van der Waals surface area contributed by atoms with Crippen molar-refractivity contribution in [2.45, 2.75) is 59.8 Å². The quantitative estimate of drug-likeness (QED) is 0.601. The van der Waals surface area contributed by atoms with Crippen molar-refractivity contribution in [1.29, 1.82) is 0 Å². The van der Waals surface area contributed by atoms with Gasteiger partial charge in [-0.2, -0.15) is 0 Å². The van der Waals surface area contributed by atoms with E-state index in [1.54, 1.807) is 5.57 Å². The van der Waals surface area contributed by atoms with Crippen molar-refractivity contribution in [2.24, 2.45) is 22.2 Å². The molecule has 5 rings (SSSR count). The molecule has 0 N–H and O–H groups in total. The lowest BCUT2D eigenvalue weighted by molar-refractivity contribution is -0.124. The number of hydrogen-bond donors (Lipinski definition) is 0. The number of fused-ring (bicyclic) bond motifs is 5. The van der Waals surface area contributed by atoms with E-state index in [9.17, 15) is 4.79 Å². The van der Waals surface area contributed by atoms with E-state index in [4.69, 9.17) is 0 Å². The second kappa shape index (κ2) is 6.42. The van der Waals surface area contributed by atoms with Gasteiger partial charge in [-0.25, -0.2) is 0 Å². The molecular weight excluding hydrogens is 368 g/mol. The number of hydrogen-bond acceptors (Lipinski definition) is 2. The summed E-state index contributed by atoms with van der Waals surface area (Å²) in [5, 5.41) is 0. The Bertz CT molecular complexity index is 1020. The van der Waals surface area contributed by atoms with Gasteiger partial charge in [-0.3, -0.25) is 9.78 Å². The maximum atomic E-state index is 12.5. The van der Waals surface area contributed by atoms with Crippen molar-refractivity contribution in [3.8, 4) is 0 Å². The SMILES string of the molecule is Cc1cncc(C2=CC=C3C4(C)CCC5=CC(=O)N(C)CCC5(C)[C@H]4CC[C@]23C)c1. The molecule has 0 saturated heterocycles. The van der Waals surface area contributed by atoms with Crippen LogP contribution >= 0.6 is 0 Å². The zero-order valence-electron chi connectivity index (χ0n) is 19.1. The standard InChI is InChI=1S/C27H34N2O/c1-18-14-19(17-28-16-18)21-6-7-22-26(21,3)11-9-23-25(2)12-13-29(5)24(30)15-20(25)8-10-27(22,23)4/h6-7,14-17,23H,8-13H2,1-5H3/t23-,25?,26-,27?/m1/s1. The van der Waals surface area contributed by atoms with Crippen LogP contribution < -0.4 is 0 Å². The molecule has 4 atom stereocenters. The Morgan fingerprint density at radius 1 is 1.07 bits per heavy atom. The van der Waals surface area contributed by atoms with Gasteiger partial charge in [0.05, 0.1) is 0 Å². The third-order valence-corrected chi connectivity index (χ3v) is 9.17. The van der Waals surface area contributed by atoms with Crippen LogP contribution in [-0.2, 0) is 4.79 Å². The zero-order valence-corrected chi connectivity index (χ0v) is 19.1. The molecule has 2 heterocycles. The van der Waals surface area contributed by atoms with Gasteiger partial charge in [-0.05, 0) is 78.5 Å². The minimum Gasteiger partial charge on any atom is -0.342 e. The van der Waals surface area contributed by atoms with Crippen molar-refractivity contribution in [3.63, 3.8) is 0 Å². The summed E-state index contributed by atoms with van der Waals surface area (Å²) in [4.78, 5) is 18.9. The first-order chi connectivity index (χ1) is 14.2. The predicted molar refractivity (Wildman–Crippen MR) is 122 cm³/mol. The summed E-state index contributed by atoms with van der Waals surface area (Å²) in [7, 11) is 1.95. The molecule has 2 fully saturated rings. The average molecular weight is 403 g/mol. The second-order valence-corrected chi connectivity index (χ2v) is 10.8. The Kier molecular flexibility index (Phi) is 4.23. The highest BCUT2D eigenvalue weighted by atomic mass is 16.2. The molecule has 1 aromatic heterocycles. The van der Waals surface area contributed by atoms with E-state index >= 15 is 0 Å². The molecule has 1 aliphatic heterocycles. The van der Waals surface area contributed by atoms with E-state index in [0.717, 1.165) is 25.8 Å². The molecule has 30 heavy (non-hydrogen) atoms. The number of likely N-dealkylation sites (N-methyl/N-ethyl adjacent to an activating group) is 1. The molecule has 0 aromatic carbocycles. The fourth-order valence-corrected chi connectivity index (χ4v) is 7.40. The number of rotatable bonds is 1. The number of nitrogens with zero attached hydrogens (tertiary/aromatic N) is 2. The summed E-state index contributed by atoms with van der Waals surface area (Å²) in [5.41, 5.74) is 7.34. The number of carbonyl (C=O) groups excluding carboxylic acids is 1. The molecular formula is C27H34N2O. The molecule has 0 spiro atoms. The normalized spacial score (nSPS) is 38.0. The minimum atomic E-state index is 0.0929. The molecule has 0 radical (unpaired) electrons. The number of amides is 1. The van der Waals surface area contributed by atoms with E-state index in [2.05, 4.69) is 50.9 Å². The van der Waals surface area contributed by atoms with Gasteiger partial charge in [0.2, 0.25) is 5.91 Å². The van der Waals surface area contributed by atoms with Crippen LogP contribution in [0.1, 0.15) is 64.0 Å². The second-order valence-electron chi connectivity index (χ2n) is 10.8. The number of aromatic nitrogens is 1. The first-order valence-corrected chi connectivity index (χ1v) is 11.5. The molecule has 158 valence electrons. The minimum absolute atomic E-state index is 0.0929. The Morgan fingerprint density at radius 2 is 1.87 bits per heavy atom. The molecule has 3 aliphatic carbocycles. The van der Waals surface area contributed by atoms with Crippen molar-refractivity contribution < 1.29 is 4.79 Å². The third kappa shape index (κ3) is 2.57. The van der Waals surface area contributed by atoms with Crippen LogP contribution in [0.2, 0.25) is 0 Å². The van der Waals surface area contributed by atoms with Gasteiger partial charge >= 0.3 is 0 Å². The summed E-state index contributed by atoms with van der Waals surface area (Å²) in [6, 6.07) is 2.28. The third-order valence-electron chi connectivity index (χ3n) is 9.17. The van der Waals surface area contributed by atoms with Crippen molar-refractivity contribution in [1.82, 2.24) is 9.88 Å². The number of aryl methyl sites for hydroxylation is 1. The molecule has 1 aromatic rings. The van der Waals surface area contributed by atoms with E-state index in [1.807, 2.05) is 30.4 Å². The summed E-state index contributed by atoms with van der Waals surface area (Å²) in [6.07, 6.45) is 16.4.